The minimum atomic E-state index is -0.137. The molecular weight excluding hydrogens is 245 g/mol. The third-order valence-electron chi connectivity index (χ3n) is 3.64. The Kier molecular flexibility index (Phi) is 4.68. The van der Waals surface area contributed by atoms with E-state index >= 15 is 0 Å². The highest BCUT2D eigenvalue weighted by Gasteiger charge is 2.38. The van der Waals surface area contributed by atoms with E-state index in [9.17, 15) is 4.39 Å². The average molecular weight is 267 g/mol. The van der Waals surface area contributed by atoms with Gasteiger partial charge in [-0.05, 0) is 56.2 Å². The Bertz CT molecular complexity index is 388. The van der Waals surface area contributed by atoms with Gasteiger partial charge >= 0.3 is 0 Å². The molecule has 2 rings (SSSR count). The lowest BCUT2D eigenvalue weighted by Crippen LogP contribution is -2.38. The molecule has 1 fully saturated rings. The molecule has 1 aromatic carbocycles. The van der Waals surface area contributed by atoms with E-state index in [4.69, 9.17) is 0 Å². The van der Waals surface area contributed by atoms with E-state index < -0.39 is 0 Å². The normalized spacial score (nSPS) is 25.3. The molecule has 2 atom stereocenters. The number of halogens is 1. The molecule has 1 aliphatic heterocycles. The van der Waals surface area contributed by atoms with Crippen molar-refractivity contribution in [3.8, 4) is 0 Å². The van der Waals surface area contributed by atoms with Crippen molar-refractivity contribution in [1.82, 2.24) is 5.32 Å². The summed E-state index contributed by atoms with van der Waals surface area (Å²) in [6.45, 7) is 5.46. The van der Waals surface area contributed by atoms with Gasteiger partial charge in [0, 0.05) is 10.8 Å². The van der Waals surface area contributed by atoms with Crippen LogP contribution < -0.4 is 5.32 Å². The molecule has 0 aromatic heterocycles. The third-order valence-corrected chi connectivity index (χ3v) is 5.23. The Labute approximate surface area is 114 Å². The first-order valence-corrected chi connectivity index (χ1v) is 7.77. The van der Waals surface area contributed by atoms with Crippen molar-refractivity contribution in [2.24, 2.45) is 0 Å². The van der Waals surface area contributed by atoms with Gasteiger partial charge in [-0.2, -0.15) is 11.8 Å². The fourth-order valence-electron chi connectivity index (χ4n) is 2.69. The van der Waals surface area contributed by atoms with Crippen molar-refractivity contribution >= 4 is 11.8 Å². The summed E-state index contributed by atoms with van der Waals surface area (Å²) in [5.41, 5.74) is 1.08. The molecule has 0 aliphatic carbocycles. The molecule has 100 valence electrons. The van der Waals surface area contributed by atoms with Crippen LogP contribution in [0, 0.1) is 5.82 Å². The maximum atomic E-state index is 13.4. The molecule has 2 unspecified atom stereocenters. The minimum Gasteiger partial charge on any atom is -0.309 e. The second-order valence-corrected chi connectivity index (χ2v) is 6.84. The van der Waals surface area contributed by atoms with Crippen LogP contribution in [0.2, 0.25) is 0 Å². The highest BCUT2D eigenvalue weighted by Crippen LogP contribution is 2.46. The van der Waals surface area contributed by atoms with Crippen LogP contribution in [0.3, 0.4) is 0 Å². The van der Waals surface area contributed by atoms with Crippen LogP contribution in [0.15, 0.2) is 24.3 Å². The summed E-state index contributed by atoms with van der Waals surface area (Å²) in [7, 11) is 0. The summed E-state index contributed by atoms with van der Waals surface area (Å²) in [5.74, 6) is 1.08. The lowest BCUT2D eigenvalue weighted by Gasteiger charge is -2.34. The highest BCUT2D eigenvalue weighted by molar-refractivity contribution is 8.00. The Balaban J connectivity index is 2.24. The molecule has 1 aliphatic rings. The first-order chi connectivity index (χ1) is 8.65. The Morgan fingerprint density at radius 2 is 2.33 bits per heavy atom. The number of hydrogen-bond acceptors (Lipinski definition) is 2. The van der Waals surface area contributed by atoms with Crippen LogP contribution in [-0.2, 0) is 0 Å². The van der Waals surface area contributed by atoms with Gasteiger partial charge in [0.25, 0.3) is 0 Å². The van der Waals surface area contributed by atoms with Crippen molar-refractivity contribution in [3.63, 3.8) is 0 Å². The number of nitrogens with one attached hydrogen (secondary N) is 1. The zero-order valence-corrected chi connectivity index (χ0v) is 12.0. The summed E-state index contributed by atoms with van der Waals surface area (Å²) >= 11 is 2.02. The van der Waals surface area contributed by atoms with Gasteiger partial charge in [0.2, 0.25) is 0 Å². The predicted molar refractivity (Wildman–Crippen MR) is 77.5 cm³/mol. The van der Waals surface area contributed by atoms with Crippen LogP contribution in [0.5, 0.6) is 0 Å². The van der Waals surface area contributed by atoms with Gasteiger partial charge in [0.15, 0.2) is 0 Å². The Morgan fingerprint density at radius 3 is 2.94 bits per heavy atom. The molecule has 1 saturated heterocycles. The van der Waals surface area contributed by atoms with E-state index in [2.05, 4.69) is 19.2 Å². The van der Waals surface area contributed by atoms with Gasteiger partial charge in [-0.1, -0.05) is 19.1 Å². The van der Waals surface area contributed by atoms with E-state index in [1.807, 2.05) is 23.9 Å². The van der Waals surface area contributed by atoms with Gasteiger partial charge < -0.3 is 5.32 Å². The van der Waals surface area contributed by atoms with Gasteiger partial charge in [0.1, 0.15) is 5.82 Å². The molecule has 0 saturated carbocycles. The minimum absolute atomic E-state index is 0.137. The lowest BCUT2D eigenvalue weighted by molar-refractivity contribution is 0.411. The van der Waals surface area contributed by atoms with Crippen LogP contribution in [0.1, 0.15) is 44.7 Å². The van der Waals surface area contributed by atoms with E-state index in [1.54, 1.807) is 6.07 Å². The quantitative estimate of drug-likeness (QED) is 0.860. The van der Waals surface area contributed by atoms with Crippen LogP contribution >= 0.6 is 11.8 Å². The summed E-state index contributed by atoms with van der Waals surface area (Å²) < 4.78 is 13.6. The third kappa shape index (κ3) is 3.07. The maximum absolute atomic E-state index is 13.4. The van der Waals surface area contributed by atoms with Crippen LogP contribution in [0.4, 0.5) is 4.39 Å². The van der Waals surface area contributed by atoms with Crippen molar-refractivity contribution in [3.05, 3.63) is 35.6 Å². The fraction of sp³-hybridized carbons (Fsp3) is 0.600. The maximum Gasteiger partial charge on any atom is 0.123 e. The van der Waals surface area contributed by atoms with E-state index in [1.165, 1.54) is 24.7 Å². The molecule has 0 spiro atoms. The molecule has 1 heterocycles. The van der Waals surface area contributed by atoms with Crippen LogP contribution in [-0.4, -0.2) is 17.0 Å². The van der Waals surface area contributed by atoms with E-state index in [-0.39, 0.29) is 16.6 Å². The second kappa shape index (κ2) is 6.07. The first kappa shape index (κ1) is 13.9. The first-order valence-electron chi connectivity index (χ1n) is 6.78. The number of rotatable bonds is 5. The topological polar surface area (TPSA) is 12.0 Å². The van der Waals surface area contributed by atoms with E-state index in [0.717, 1.165) is 18.5 Å². The van der Waals surface area contributed by atoms with Gasteiger partial charge in [-0.15, -0.1) is 0 Å². The average Bonchev–Trinajstić information content (AvgIpc) is 2.77. The molecule has 0 bridgehead atoms. The number of hydrogen-bond donors (Lipinski definition) is 1. The van der Waals surface area contributed by atoms with Crippen molar-refractivity contribution < 1.29 is 4.39 Å². The SMILES string of the molecule is CCCNC(c1cccc(F)c1)C1(C)CCCS1. The van der Waals surface area contributed by atoms with Crippen molar-refractivity contribution in [2.45, 2.75) is 43.9 Å². The Hall–Kier alpha value is -0.540. The number of thioether (sulfide) groups is 1. The highest BCUT2D eigenvalue weighted by atomic mass is 32.2. The predicted octanol–water partition coefficient (Wildman–Crippen LogP) is 4.15. The summed E-state index contributed by atoms with van der Waals surface area (Å²) in [4.78, 5) is 0. The molecule has 0 amide bonds. The zero-order chi connectivity index (χ0) is 13.0. The Morgan fingerprint density at radius 1 is 1.50 bits per heavy atom. The zero-order valence-electron chi connectivity index (χ0n) is 11.2. The molecule has 0 radical (unpaired) electrons. The van der Waals surface area contributed by atoms with Crippen molar-refractivity contribution in [2.75, 3.05) is 12.3 Å². The molecular formula is C15H22FNS. The summed E-state index contributed by atoms with van der Waals surface area (Å²) in [6.07, 6.45) is 3.57. The van der Waals surface area contributed by atoms with E-state index in [0.29, 0.717) is 0 Å². The largest absolute Gasteiger partial charge is 0.309 e. The summed E-state index contributed by atoms with van der Waals surface area (Å²) in [6, 6.07) is 7.30. The molecule has 3 heteroatoms. The molecule has 18 heavy (non-hydrogen) atoms. The fourth-order valence-corrected chi connectivity index (χ4v) is 4.12. The van der Waals surface area contributed by atoms with Gasteiger partial charge in [-0.3, -0.25) is 0 Å². The van der Waals surface area contributed by atoms with Crippen LogP contribution in [0.25, 0.3) is 0 Å². The second-order valence-electron chi connectivity index (χ2n) is 5.21. The smallest absolute Gasteiger partial charge is 0.123 e. The lowest BCUT2D eigenvalue weighted by atomic mass is 9.90. The summed E-state index contributed by atoms with van der Waals surface area (Å²) in [5, 5.41) is 3.61. The molecule has 1 nitrogen and oxygen atoms in total. The monoisotopic (exact) mass is 267 g/mol. The molecule has 1 N–H and O–H groups in total. The molecule has 1 aromatic rings. The van der Waals surface area contributed by atoms with Gasteiger partial charge in [-0.25, -0.2) is 4.39 Å². The van der Waals surface area contributed by atoms with Gasteiger partial charge in [0.05, 0.1) is 0 Å². The standard InChI is InChI=1S/C15H22FNS/c1-3-9-17-14(15(2)8-5-10-18-15)12-6-4-7-13(16)11-12/h4,6-7,11,14,17H,3,5,8-10H2,1-2H3. The number of benzene rings is 1. The van der Waals surface area contributed by atoms with Crippen molar-refractivity contribution in [1.29, 1.82) is 0 Å².